The van der Waals surface area contributed by atoms with Crippen LogP contribution in [0.25, 0.3) is 11.4 Å². The van der Waals surface area contributed by atoms with Crippen LogP contribution < -0.4 is 5.32 Å². The van der Waals surface area contributed by atoms with Gasteiger partial charge in [0.2, 0.25) is 5.82 Å². The zero-order valence-corrected chi connectivity index (χ0v) is 22.0. The van der Waals surface area contributed by atoms with Crippen molar-refractivity contribution in [2.24, 2.45) is 0 Å². The normalized spacial score (nSPS) is 21.1. The minimum atomic E-state index is -0.790. The van der Waals surface area contributed by atoms with E-state index in [0.29, 0.717) is 31.3 Å². The summed E-state index contributed by atoms with van der Waals surface area (Å²) in [4.78, 5) is 14.8. The summed E-state index contributed by atoms with van der Waals surface area (Å²) in [7, 11) is 0. The molecule has 0 saturated carbocycles. The van der Waals surface area contributed by atoms with Gasteiger partial charge in [0, 0.05) is 42.6 Å². The molecular formula is C28H38N6O3. The number of tetrazole rings is 1. The fourth-order valence-electron chi connectivity index (χ4n) is 5.42. The van der Waals surface area contributed by atoms with Crippen LogP contribution in [0.2, 0.25) is 0 Å². The van der Waals surface area contributed by atoms with Gasteiger partial charge in [0.25, 0.3) is 0 Å². The molecule has 1 aromatic heterocycles. The number of hydrogen-bond acceptors (Lipinski definition) is 7. The summed E-state index contributed by atoms with van der Waals surface area (Å²) in [5, 5.41) is 35.6. The van der Waals surface area contributed by atoms with E-state index in [2.05, 4.69) is 64.6 Å². The Morgan fingerprint density at radius 1 is 1.16 bits per heavy atom. The first-order chi connectivity index (χ1) is 17.8. The maximum absolute atomic E-state index is 10.7. The fourth-order valence-corrected chi connectivity index (χ4v) is 5.42. The molecule has 0 bridgehead atoms. The molecule has 9 nitrogen and oxygen atoms in total. The summed E-state index contributed by atoms with van der Waals surface area (Å²) in [6.45, 7) is 10.1. The molecule has 3 atom stereocenters. The number of nitrogens with one attached hydrogen (secondary N) is 1. The second-order valence-electron chi connectivity index (χ2n) is 10.3. The molecule has 1 aliphatic heterocycles. The van der Waals surface area contributed by atoms with Crippen molar-refractivity contribution in [2.45, 2.75) is 70.5 Å². The summed E-state index contributed by atoms with van der Waals surface area (Å²) in [6, 6.07) is 16.4. The van der Waals surface area contributed by atoms with Crippen LogP contribution in [-0.4, -0.2) is 72.5 Å². The minimum Gasteiger partial charge on any atom is -0.508 e. The highest BCUT2D eigenvalue weighted by Gasteiger charge is 2.44. The van der Waals surface area contributed by atoms with E-state index >= 15 is 0 Å². The predicted molar refractivity (Wildman–Crippen MR) is 142 cm³/mol. The molecule has 1 saturated heterocycles. The van der Waals surface area contributed by atoms with Crippen LogP contribution in [0.3, 0.4) is 0 Å². The Kier molecular flexibility index (Phi) is 8.56. The Labute approximate surface area is 218 Å². The molecule has 37 heavy (non-hydrogen) atoms. The van der Waals surface area contributed by atoms with Crippen LogP contribution >= 0.6 is 0 Å². The number of hydrogen-bond donors (Lipinski definition) is 3. The molecule has 0 radical (unpaired) electrons. The highest BCUT2D eigenvalue weighted by molar-refractivity contribution is 5.66. The molecule has 0 aliphatic carbocycles. The molecule has 3 N–H and O–H groups in total. The van der Waals surface area contributed by atoms with E-state index in [1.807, 2.05) is 24.3 Å². The van der Waals surface area contributed by atoms with Crippen LogP contribution in [0.15, 0.2) is 48.5 Å². The van der Waals surface area contributed by atoms with Crippen molar-refractivity contribution < 1.29 is 15.0 Å². The Hall–Kier alpha value is -3.30. The molecule has 1 fully saturated rings. The molecule has 1 aliphatic rings. The van der Waals surface area contributed by atoms with Crippen molar-refractivity contribution >= 4 is 5.97 Å². The molecular weight excluding hydrogens is 468 g/mol. The van der Waals surface area contributed by atoms with Gasteiger partial charge in [-0.05, 0) is 68.1 Å². The van der Waals surface area contributed by atoms with Crippen molar-refractivity contribution in [2.75, 3.05) is 19.6 Å². The lowest BCUT2D eigenvalue weighted by Gasteiger charge is -2.52. The Bertz CT molecular complexity index is 1180. The topological polar surface area (TPSA) is 116 Å². The number of carbonyl (C=O) groups is 1. The maximum atomic E-state index is 10.7. The van der Waals surface area contributed by atoms with E-state index in [9.17, 15) is 9.90 Å². The second-order valence-corrected chi connectivity index (χ2v) is 10.3. The van der Waals surface area contributed by atoms with Crippen LogP contribution in [-0.2, 0) is 11.3 Å². The minimum absolute atomic E-state index is 0.0399. The third kappa shape index (κ3) is 6.34. The van der Waals surface area contributed by atoms with Gasteiger partial charge in [-0.15, -0.1) is 10.2 Å². The monoisotopic (exact) mass is 506 g/mol. The van der Waals surface area contributed by atoms with E-state index < -0.39 is 5.97 Å². The van der Waals surface area contributed by atoms with E-state index in [-0.39, 0.29) is 23.6 Å². The van der Waals surface area contributed by atoms with E-state index in [1.165, 1.54) is 4.80 Å². The van der Waals surface area contributed by atoms with Crippen LogP contribution in [0, 0.1) is 0 Å². The van der Waals surface area contributed by atoms with Crippen molar-refractivity contribution in [1.29, 1.82) is 0 Å². The van der Waals surface area contributed by atoms with Crippen molar-refractivity contribution in [3.63, 3.8) is 0 Å². The van der Waals surface area contributed by atoms with Gasteiger partial charge >= 0.3 is 5.97 Å². The van der Waals surface area contributed by atoms with Gasteiger partial charge in [0.05, 0.1) is 6.54 Å². The maximum Gasteiger partial charge on any atom is 0.303 e. The fraction of sp³-hybridized carbons (Fsp3) is 0.500. The number of aryl methyl sites for hydroxylation is 1. The number of nitrogens with zero attached hydrogens (tertiary/aromatic N) is 5. The van der Waals surface area contributed by atoms with Gasteiger partial charge in [-0.3, -0.25) is 9.69 Å². The summed E-state index contributed by atoms with van der Waals surface area (Å²) >= 11 is 0. The van der Waals surface area contributed by atoms with Crippen molar-refractivity contribution in [3.8, 4) is 17.1 Å². The molecule has 0 amide bonds. The summed E-state index contributed by atoms with van der Waals surface area (Å²) < 4.78 is 0. The smallest absolute Gasteiger partial charge is 0.303 e. The number of carboxylic acid groups (broad SMARTS) is 1. The predicted octanol–water partition coefficient (Wildman–Crippen LogP) is 3.89. The lowest BCUT2D eigenvalue weighted by atomic mass is 9.73. The highest BCUT2D eigenvalue weighted by atomic mass is 16.4. The summed E-state index contributed by atoms with van der Waals surface area (Å²) in [5.41, 5.74) is 2.93. The number of aliphatic carboxylic acids is 1. The Morgan fingerprint density at radius 2 is 1.95 bits per heavy atom. The molecule has 2 aromatic carbocycles. The number of aromatic hydroxyl groups is 1. The second kappa shape index (κ2) is 11.8. The molecule has 0 spiro atoms. The number of carboxylic acids is 1. The SMILES string of the molecule is CCCN1CC(C)NCC1(C)[C@H](c1ccc(-c2nnn(CCCCC(=O)O)n2)cc1)c1cccc(O)c1. The van der Waals surface area contributed by atoms with E-state index in [0.717, 1.165) is 42.7 Å². The molecule has 3 aromatic rings. The van der Waals surface area contributed by atoms with Gasteiger partial charge in [0.15, 0.2) is 0 Å². The zero-order chi connectivity index (χ0) is 26.4. The molecule has 2 heterocycles. The number of aromatic nitrogens is 4. The Morgan fingerprint density at radius 3 is 2.65 bits per heavy atom. The number of unbranched alkanes of at least 4 members (excludes halogenated alkanes) is 1. The largest absolute Gasteiger partial charge is 0.508 e. The molecule has 198 valence electrons. The average Bonchev–Trinajstić information content (AvgIpc) is 3.34. The van der Waals surface area contributed by atoms with E-state index in [1.54, 1.807) is 6.07 Å². The summed E-state index contributed by atoms with van der Waals surface area (Å²) in [5.74, 6) is 0.0661. The molecule has 9 heteroatoms. The van der Waals surface area contributed by atoms with Gasteiger partial charge in [0.1, 0.15) is 5.75 Å². The number of piperazine rings is 1. The average molecular weight is 507 g/mol. The Balaban J connectivity index is 1.61. The van der Waals surface area contributed by atoms with E-state index in [4.69, 9.17) is 5.11 Å². The van der Waals surface area contributed by atoms with Gasteiger partial charge in [-0.1, -0.05) is 43.3 Å². The molecule has 2 unspecified atom stereocenters. The third-order valence-corrected chi connectivity index (χ3v) is 7.30. The lowest BCUT2D eigenvalue weighted by molar-refractivity contribution is -0.137. The number of benzene rings is 2. The lowest BCUT2D eigenvalue weighted by Crippen LogP contribution is -2.65. The van der Waals surface area contributed by atoms with Crippen LogP contribution in [0.1, 0.15) is 63.5 Å². The first kappa shape index (κ1) is 26.8. The van der Waals surface area contributed by atoms with Crippen LogP contribution in [0.4, 0.5) is 0 Å². The molecule has 4 rings (SSSR count). The third-order valence-electron chi connectivity index (χ3n) is 7.30. The first-order valence-corrected chi connectivity index (χ1v) is 13.2. The van der Waals surface area contributed by atoms with Crippen molar-refractivity contribution in [1.82, 2.24) is 30.4 Å². The number of rotatable bonds is 11. The number of phenolic OH excluding ortho intramolecular Hbond substituents is 1. The standard InChI is InChI=1S/C28H38N6O3/c1-4-15-33-18-20(2)29-19-28(33,3)26(23-8-7-9-24(35)17-23)21-11-13-22(14-12-21)27-30-32-34(31-27)16-6-5-10-25(36)37/h7-9,11-14,17,20,26,29,35H,4-6,10,15-16,18-19H2,1-3H3,(H,36,37)/t20?,26-,28?/m1/s1. The number of phenols is 1. The quantitative estimate of drug-likeness (QED) is 0.335. The van der Waals surface area contributed by atoms with Gasteiger partial charge in [-0.25, -0.2) is 0 Å². The summed E-state index contributed by atoms with van der Waals surface area (Å²) in [6.07, 6.45) is 2.49. The first-order valence-electron chi connectivity index (χ1n) is 13.2. The zero-order valence-electron chi connectivity index (χ0n) is 22.0. The highest BCUT2D eigenvalue weighted by Crippen LogP contribution is 2.41. The van der Waals surface area contributed by atoms with Crippen molar-refractivity contribution in [3.05, 3.63) is 59.7 Å². The van der Waals surface area contributed by atoms with Gasteiger partial charge < -0.3 is 15.5 Å². The van der Waals surface area contributed by atoms with Gasteiger partial charge in [-0.2, -0.15) is 4.80 Å². The van der Waals surface area contributed by atoms with Crippen LogP contribution in [0.5, 0.6) is 5.75 Å².